The molecule has 3 aliphatic rings. The summed E-state index contributed by atoms with van der Waals surface area (Å²) in [4.78, 5) is 11.3. The molecule has 3 saturated heterocycles. The van der Waals surface area contributed by atoms with Crippen molar-refractivity contribution in [2.24, 2.45) is 16.8 Å². The number of benzene rings is 1. The maximum atomic E-state index is 6.09. The first-order valence-corrected chi connectivity index (χ1v) is 10.5. The number of hydrogen-bond donors (Lipinski definition) is 1. The quantitative estimate of drug-likeness (QED) is 0.626. The minimum Gasteiger partial charge on any atom is -0.473 e. The average Bonchev–Trinajstić information content (AvgIpc) is 3.48. The number of aliphatic imine (C=N–C) groups is 1. The molecule has 3 aliphatic heterocycles. The standard InChI is InChI=1S/C23H28N4O2/c1-24-23(27-13-18-19(14-27)21-8-7-20(18)29-21)26-12-17-9-10-25-22(11-17)28-15-16-5-3-2-4-6-16/h2-6,9-11,18-21H,7-8,12-15H2,1H3,(H,24,26). The molecule has 1 aromatic heterocycles. The van der Waals surface area contributed by atoms with E-state index >= 15 is 0 Å². The third-order valence-corrected chi connectivity index (χ3v) is 6.44. The predicted octanol–water partition coefficient (Wildman–Crippen LogP) is 2.85. The highest BCUT2D eigenvalue weighted by Gasteiger charge is 2.53. The molecule has 1 N–H and O–H groups in total. The number of guanidine groups is 1. The van der Waals surface area contributed by atoms with Crippen molar-refractivity contribution in [2.45, 2.75) is 38.2 Å². The SMILES string of the molecule is CN=C(NCc1ccnc(OCc2ccccc2)c1)N1CC2C3CCC(O3)C2C1. The fourth-order valence-electron chi connectivity index (χ4n) is 5.02. The Hall–Kier alpha value is -2.60. The van der Waals surface area contributed by atoms with Crippen LogP contribution in [0.1, 0.15) is 24.0 Å². The molecule has 0 aliphatic carbocycles. The molecule has 152 valence electrons. The minimum atomic E-state index is 0.470. The molecule has 4 heterocycles. The van der Waals surface area contributed by atoms with E-state index in [1.807, 2.05) is 37.4 Å². The summed E-state index contributed by atoms with van der Waals surface area (Å²) in [5, 5.41) is 3.52. The van der Waals surface area contributed by atoms with Crippen molar-refractivity contribution >= 4 is 5.96 Å². The van der Waals surface area contributed by atoms with Gasteiger partial charge in [0.25, 0.3) is 0 Å². The highest BCUT2D eigenvalue weighted by Crippen LogP contribution is 2.47. The van der Waals surface area contributed by atoms with Crippen LogP contribution in [0.25, 0.3) is 0 Å². The Morgan fingerprint density at radius 2 is 1.90 bits per heavy atom. The summed E-state index contributed by atoms with van der Waals surface area (Å²) in [6, 6.07) is 14.2. The Kier molecular flexibility index (Phi) is 5.10. The summed E-state index contributed by atoms with van der Waals surface area (Å²) in [6.07, 6.45) is 5.20. The largest absolute Gasteiger partial charge is 0.473 e. The first kappa shape index (κ1) is 18.4. The molecule has 4 unspecified atom stereocenters. The number of nitrogens with zero attached hydrogens (tertiary/aromatic N) is 3. The third kappa shape index (κ3) is 3.81. The van der Waals surface area contributed by atoms with Crippen molar-refractivity contribution in [3.8, 4) is 5.88 Å². The first-order valence-electron chi connectivity index (χ1n) is 10.5. The summed E-state index contributed by atoms with van der Waals surface area (Å²) in [7, 11) is 1.86. The molecule has 2 aromatic rings. The molecular formula is C23H28N4O2. The Bertz CT molecular complexity index is 854. The van der Waals surface area contributed by atoms with E-state index in [1.54, 1.807) is 6.20 Å². The van der Waals surface area contributed by atoms with Crippen LogP contribution in [-0.2, 0) is 17.9 Å². The highest BCUT2D eigenvalue weighted by atomic mass is 16.5. The molecule has 2 bridgehead atoms. The molecule has 0 spiro atoms. The number of pyridine rings is 1. The van der Waals surface area contributed by atoms with Gasteiger partial charge in [-0.1, -0.05) is 30.3 Å². The van der Waals surface area contributed by atoms with Crippen molar-refractivity contribution in [1.82, 2.24) is 15.2 Å². The highest BCUT2D eigenvalue weighted by molar-refractivity contribution is 5.80. The molecule has 3 fully saturated rings. The van der Waals surface area contributed by atoms with Gasteiger partial charge in [-0.15, -0.1) is 0 Å². The van der Waals surface area contributed by atoms with E-state index in [4.69, 9.17) is 9.47 Å². The Morgan fingerprint density at radius 3 is 2.62 bits per heavy atom. The lowest BCUT2D eigenvalue weighted by Gasteiger charge is -2.23. The Morgan fingerprint density at radius 1 is 1.14 bits per heavy atom. The van der Waals surface area contributed by atoms with E-state index in [0.717, 1.165) is 30.2 Å². The van der Waals surface area contributed by atoms with Crippen molar-refractivity contribution in [1.29, 1.82) is 0 Å². The van der Waals surface area contributed by atoms with Crippen LogP contribution in [0.2, 0.25) is 0 Å². The smallest absolute Gasteiger partial charge is 0.213 e. The Labute approximate surface area is 172 Å². The Balaban J connectivity index is 1.16. The molecule has 0 amide bonds. The molecule has 0 radical (unpaired) electrons. The summed E-state index contributed by atoms with van der Waals surface area (Å²) in [6.45, 7) is 3.32. The van der Waals surface area contributed by atoms with Crippen LogP contribution in [0.5, 0.6) is 5.88 Å². The molecule has 29 heavy (non-hydrogen) atoms. The molecular weight excluding hydrogens is 364 g/mol. The topological polar surface area (TPSA) is 59.0 Å². The van der Waals surface area contributed by atoms with Gasteiger partial charge in [0.1, 0.15) is 6.61 Å². The van der Waals surface area contributed by atoms with Crippen molar-refractivity contribution in [3.05, 3.63) is 59.8 Å². The van der Waals surface area contributed by atoms with Crippen LogP contribution in [0, 0.1) is 11.8 Å². The van der Waals surface area contributed by atoms with E-state index in [2.05, 4.69) is 32.3 Å². The van der Waals surface area contributed by atoms with Gasteiger partial charge in [0.2, 0.25) is 5.88 Å². The molecule has 0 saturated carbocycles. The van der Waals surface area contributed by atoms with Crippen LogP contribution in [0.3, 0.4) is 0 Å². The number of hydrogen-bond acceptors (Lipinski definition) is 4. The molecule has 6 heteroatoms. The van der Waals surface area contributed by atoms with Gasteiger partial charge in [0, 0.05) is 50.8 Å². The van der Waals surface area contributed by atoms with Gasteiger partial charge in [-0.3, -0.25) is 4.99 Å². The normalized spacial score (nSPS) is 27.9. The lowest BCUT2D eigenvalue weighted by atomic mass is 9.82. The van der Waals surface area contributed by atoms with Crippen molar-refractivity contribution in [3.63, 3.8) is 0 Å². The van der Waals surface area contributed by atoms with Crippen LogP contribution in [0.4, 0.5) is 0 Å². The molecule has 5 rings (SSSR count). The van der Waals surface area contributed by atoms with Crippen LogP contribution >= 0.6 is 0 Å². The molecule has 4 atom stereocenters. The number of aromatic nitrogens is 1. The number of rotatable bonds is 5. The van der Waals surface area contributed by atoms with Crippen molar-refractivity contribution in [2.75, 3.05) is 20.1 Å². The van der Waals surface area contributed by atoms with Gasteiger partial charge in [-0.2, -0.15) is 0 Å². The van der Waals surface area contributed by atoms with Gasteiger partial charge in [0.05, 0.1) is 12.2 Å². The second-order valence-electron chi connectivity index (χ2n) is 8.20. The van der Waals surface area contributed by atoms with Gasteiger partial charge in [-0.05, 0) is 30.0 Å². The number of nitrogens with one attached hydrogen (secondary N) is 1. The monoisotopic (exact) mass is 392 g/mol. The fourth-order valence-corrected chi connectivity index (χ4v) is 5.02. The summed E-state index contributed by atoms with van der Waals surface area (Å²) in [5.41, 5.74) is 2.27. The average molecular weight is 393 g/mol. The summed E-state index contributed by atoms with van der Waals surface area (Å²) >= 11 is 0. The van der Waals surface area contributed by atoms with Gasteiger partial charge < -0.3 is 19.7 Å². The van der Waals surface area contributed by atoms with Crippen LogP contribution < -0.4 is 10.1 Å². The maximum absolute atomic E-state index is 6.09. The van der Waals surface area contributed by atoms with E-state index in [1.165, 1.54) is 12.8 Å². The van der Waals surface area contributed by atoms with Gasteiger partial charge >= 0.3 is 0 Å². The summed E-state index contributed by atoms with van der Waals surface area (Å²) < 4.78 is 11.9. The second kappa shape index (κ2) is 8.03. The van der Waals surface area contributed by atoms with E-state index in [0.29, 0.717) is 43.1 Å². The third-order valence-electron chi connectivity index (χ3n) is 6.44. The molecule has 1 aromatic carbocycles. The number of fused-ring (bicyclic) bond motifs is 5. The zero-order chi connectivity index (χ0) is 19.6. The lowest BCUT2D eigenvalue weighted by Crippen LogP contribution is -2.41. The lowest BCUT2D eigenvalue weighted by molar-refractivity contribution is 0.0767. The molecule has 6 nitrogen and oxygen atoms in total. The van der Waals surface area contributed by atoms with Crippen LogP contribution in [-0.4, -0.2) is 48.2 Å². The zero-order valence-corrected chi connectivity index (χ0v) is 16.8. The minimum absolute atomic E-state index is 0.470. The summed E-state index contributed by atoms with van der Waals surface area (Å²) in [5.74, 6) is 2.97. The van der Waals surface area contributed by atoms with Gasteiger partial charge in [-0.25, -0.2) is 4.98 Å². The number of likely N-dealkylation sites (tertiary alicyclic amines) is 1. The maximum Gasteiger partial charge on any atom is 0.213 e. The van der Waals surface area contributed by atoms with E-state index < -0.39 is 0 Å². The number of ether oxygens (including phenoxy) is 2. The fraction of sp³-hybridized carbons (Fsp3) is 0.478. The van der Waals surface area contributed by atoms with Gasteiger partial charge in [0.15, 0.2) is 5.96 Å². The van der Waals surface area contributed by atoms with E-state index in [9.17, 15) is 0 Å². The van der Waals surface area contributed by atoms with E-state index in [-0.39, 0.29) is 0 Å². The first-order chi connectivity index (χ1) is 14.3. The van der Waals surface area contributed by atoms with Crippen molar-refractivity contribution < 1.29 is 9.47 Å². The predicted molar refractivity (Wildman–Crippen MR) is 112 cm³/mol. The van der Waals surface area contributed by atoms with Crippen LogP contribution in [0.15, 0.2) is 53.7 Å². The zero-order valence-electron chi connectivity index (χ0n) is 16.8. The second-order valence-corrected chi connectivity index (χ2v) is 8.20.